The molecule has 2 heteroatoms. The third-order valence-electron chi connectivity index (χ3n) is 5.17. The molecule has 1 aliphatic rings. The standard InChI is InChI=1S/C25H22N2/c26-19-21-10-12-24(13-11-21)27-16-14-20(15-17-27)18-23-8-4-5-9-25(23)22-6-2-1-3-7-22/h1-13,18H,14-17H2. The molecular weight excluding hydrogens is 328 g/mol. The fourth-order valence-corrected chi connectivity index (χ4v) is 3.67. The normalized spacial score (nSPS) is 13.9. The summed E-state index contributed by atoms with van der Waals surface area (Å²) < 4.78 is 0. The van der Waals surface area contributed by atoms with Gasteiger partial charge in [-0.3, -0.25) is 0 Å². The zero-order chi connectivity index (χ0) is 18.5. The van der Waals surface area contributed by atoms with E-state index in [9.17, 15) is 0 Å². The topological polar surface area (TPSA) is 27.0 Å². The Kier molecular flexibility index (Phi) is 5.03. The quantitative estimate of drug-likeness (QED) is 0.587. The molecule has 2 nitrogen and oxygen atoms in total. The van der Waals surface area contributed by atoms with Crippen LogP contribution in [0.15, 0.2) is 84.4 Å². The molecule has 4 rings (SSSR count). The fourth-order valence-electron chi connectivity index (χ4n) is 3.67. The molecule has 1 saturated heterocycles. The van der Waals surface area contributed by atoms with Crippen molar-refractivity contribution in [1.29, 1.82) is 5.26 Å². The minimum atomic E-state index is 0.717. The molecule has 0 N–H and O–H groups in total. The van der Waals surface area contributed by atoms with E-state index in [0.29, 0.717) is 5.56 Å². The van der Waals surface area contributed by atoms with E-state index >= 15 is 0 Å². The molecule has 0 unspecified atom stereocenters. The number of nitrogens with zero attached hydrogens (tertiary/aromatic N) is 2. The summed E-state index contributed by atoms with van der Waals surface area (Å²) in [6.07, 6.45) is 4.52. The van der Waals surface area contributed by atoms with Gasteiger partial charge in [0.2, 0.25) is 0 Å². The second-order valence-electron chi connectivity index (χ2n) is 6.90. The number of piperidine rings is 1. The monoisotopic (exact) mass is 350 g/mol. The molecule has 0 aliphatic carbocycles. The zero-order valence-corrected chi connectivity index (χ0v) is 15.3. The predicted molar refractivity (Wildman–Crippen MR) is 112 cm³/mol. The van der Waals surface area contributed by atoms with Gasteiger partial charge in [-0.05, 0) is 53.8 Å². The minimum absolute atomic E-state index is 0.717. The summed E-state index contributed by atoms with van der Waals surface area (Å²) in [7, 11) is 0. The molecule has 0 bridgehead atoms. The first-order chi connectivity index (χ1) is 13.3. The highest BCUT2D eigenvalue weighted by Crippen LogP contribution is 2.29. The van der Waals surface area contributed by atoms with Crippen molar-refractivity contribution < 1.29 is 0 Å². The van der Waals surface area contributed by atoms with Crippen LogP contribution in [0.3, 0.4) is 0 Å². The van der Waals surface area contributed by atoms with Crippen molar-refractivity contribution in [1.82, 2.24) is 0 Å². The molecule has 3 aromatic carbocycles. The van der Waals surface area contributed by atoms with E-state index in [1.165, 1.54) is 28.0 Å². The lowest BCUT2D eigenvalue weighted by Gasteiger charge is -2.30. The molecule has 27 heavy (non-hydrogen) atoms. The lowest BCUT2D eigenvalue weighted by molar-refractivity contribution is 0.689. The summed E-state index contributed by atoms with van der Waals surface area (Å²) in [6, 6.07) is 29.3. The minimum Gasteiger partial charge on any atom is -0.371 e. The SMILES string of the molecule is N#Cc1ccc(N2CCC(=Cc3ccccc3-c3ccccc3)CC2)cc1. The Morgan fingerprint density at radius 3 is 2.15 bits per heavy atom. The number of anilines is 1. The maximum Gasteiger partial charge on any atom is 0.0991 e. The number of benzene rings is 3. The number of nitriles is 1. The van der Waals surface area contributed by atoms with Gasteiger partial charge < -0.3 is 4.90 Å². The molecule has 0 radical (unpaired) electrons. The first-order valence-corrected chi connectivity index (χ1v) is 9.42. The molecule has 3 aromatic rings. The van der Waals surface area contributed by atoms with Gasteiger partial charge in [-0.1, -0.05) is 66.2 Å². The Balaban J connectivity index is 1.50. The van der Waals surface area contributed by atoms with E-state index in [1.807, 2.05) is 12.1 Å². The lowest BCUT2D eigenvalue weighted by atomic mass is 9.95. The van der Waals surface area contributed by atoms with Gasteiger partial charge in [0, 0.05) is 18.8 Å². The summed E-state index contributed by atoms with van der Waals surface area (Å²) in [5, 5.41) is 8.95. The van der Waals surface area contributed by atoms with Crippen LogP contribution in [0.1, 0.15) is 24.0 Å². The summed E-state index contributed by atoms with van der Waals surface area (Å²) in [6.45, 7) is 2.04. The van der Waals surface area contributed by atoms with Gasteiger partial charge in [-0.25, -0.2) is 0 Å². The maximum atomic E-state index is 8.95. The predicted octanol–water partition coefficient (Wildman–Crippen LogP) is 5.91. The Morgan fingerprint density at radius 2 is 1.44 bits per heavy atom. The largest absolute Gasteiger partial charge is 0.371 e. The summed E-state index contributed by atoms with van der Waals surface area (Å²) >= 11 is 0. The van der Waals surface area contributed by atoms with Crippen molar-refractivity contribution in [3.8, 4) is 17.2 Å². The van der Waals surface area contributed by atoms with Crippen LogP contribution in [0.5, 0.6) is 0 Å². The van der Waals surface area contributed by atoms with Crippen LogP contribution in [-0.4, -0.2) is 13.1 Å². The Hall–Kier alpha value is -3.31. The highest BCUT2D eigenvalue weighted by atomic mass is 15.1. The van der Waals surface area contributed by atoms with Gasteiger partial charge in [0.25, 0.3) is 0 Å². The van der Waals surface area contributed by atoms with Crippen LogP contribution >= 0.6 is 0 Å². The molecular formula is C25H22N2. The lowest BCUT2D eigenvalue weighted by Crippen LogP contribution is -2.30. The molecule has 1 fully saturated rings. The number of rotatable bonds is 3. The highest BCUT2D eigenvalue weighted by Gasteiger charge is 2.15. The van der Waals surface area contributed by atoms with Gasteiger partial charge in [-0.15, -0.1) is 0 Å². The van der Waals surface area contributed by atoms with Gasteiger partial charge in [0.15, 0.2) is 0 Å². The summed E-state index contributed by atoms with van der Waals surface area (Å²) in [5.41, 5.74) is 7.28. The van der Waals surface area contributed by atoms with Crippen LogP contribution in [0.2, 0.25) is 0 Å². The first-order valence-electron chi connectivity index (χ1n) is 9.42. The van der Waals surface area contributed by atoms with Crippen molar-refractivity contribution in [2.24, 2.45) is 0 Å². The van der Waals surface area contributed by atoms with E-state index < -0.39 is 0 Å². The van der Waals surface area contributed by atoms with E-state index in [0.717, 1.165) is 25.9 Å². The van der Waals surface area contributed by atoms with Gasteiger partial charge >= 0.3 is 0 Å². The molecule has 1 heterocycles. The van der Waals surface area contributed by atoms with Crippen LogP contribution in [-0.2, 0) is 0 Å². The molecule has 132 valence electrons. The van der Waals surface area contributed by atoms with Crippen LogP contribution in [0.25, 0.3) is 17.2 Å². The number of hydrogen-bond donors (Lipinski definition) is 0. The van der Waals surface area contributed by atoms with Crippen molar-refractivity contribution in [2.45, 2.75) is 12.8 Å². The molecule has 0 amide bonds. The first kappa shape index (κ1) is 17.1. The molecule has 0 saturated carbocycles. The Labute approximate surface area is 161 Å². The zero-order valence-electron chi connectivity index (χ0n) is 15.3. The molecule has 0 aromatic heterocycles. The maximum absolute atomic E-state index is 8.95. The van der Waals surface area contributed by atoms with E-state index in [-0.39, 0.29) is 0 Å². The highest BCUT2D eigenvalue weighted by molar-refractivity contribution is 5.76. The van der Waals surface area contributed by atoms with Crippen molar-refractivity contribution in [3.63, 3.8) is 0 Å². The Bertz CT molecular complexity index is 969. The van der Waals surface area contributed by atoms with E-state index in [1.54, 1.807) is 0 Å². The van der Waals surface area contributed by atoms with E-state index in [2.05, 4.69) is 83.8 Å². The third-order valence-corrected chi connectivity index (χ3v) is 5.17. The second kappa shape index (κ2) is 7.93. The second-order valence-corrected chi connectivity index (χ2v) is 6.90. The van der Waals surface area contributed by atoms with Gasteiger partial charge in [-0.2, -0.15) is 5.26 Å². The number of hydrogen-bond acceptors (Lipinski definition) is 2. The van der Waals surface area contributed by atoms with Crippen LogP contribution in [0, 0.1) is 11.3 Å². The third kappa shape index (κ3) is 3.93. The average molecular weight is 350 g/mol. The summed E-state index contributed by atoms with van der Waals surface area (Å²) in [4.78, 5) is 2.40. The Morgan fingerprint density at radius 1 is 0.778 bits per heavy atom. The molecule has 1 aliphatic heterocycles. The average Bonchev–Trinajstić information content (AvgIpc) is 2.75. The van der Waals surface area contributed by atoms with Crippen LogP contribution < -0.4 is 4.90 Å². The fraction of sp³-hybridized carbons (Fsp3) is 0.160. The van der Waals surface area contributed by atoms with Crippen LogP contribution in [0.4, 0.5) is 5.69 Å². The smallest absolute Gasteiger partial charge is 0.0991 e. The summed E-state index contributed by atoms with van der Waals surface area (Å²) in [5.74, 6) is 0. The van der Waals surface area contributed by atoms with Gasteiger partial charge in [0.1, 0.15) is 0 Å². The molecule has 0 spiro atoms. The van der Waals surface area contributed by atoms with Crippen molar-refractivity contribution >= 4 is 11.8 Å². The van der Waals surface area contributed by atoms with E-state index in [4.69, 9.17) is 5.26 Å². The van der Waals surface area contributed by atoms with Crippen molar-refractivity contribution in [2.75, 3.05) is 18.0 Å². The molecule has 0 atom stereocenters. The van der Waals surface area contributed by atoms with Gasteiger partial charge in [0.05, 0.1) is 11.6 Å². The van der Waals surface area contributed by atoms with Crippen molar-refractivity contribution in [3.05, 3.63) is 95.6 Å².